The molecule has 10 heteroatoms. The molecule has 0 radical (unpaired) electrons. The van der Waals surface area contributed by atoms with Crippen molar-refractivity contribution in [3.63, 3.8) is 0 Å². The van der Waals surface area contributed by atoms with E-state index >= 15 is 0 Å². The van der Waals surface area contributed by atoms with Crippen LogP contribution >= 0.6 is 0 Å². The van der Waals surface area contributed by atoms with E-state index in [2.05, 4.69) is 10.1 Å². The van der Waals surface area contributed by atoms with Crippen LogP contribution < -0.4 is 5.32 Å². The number of methoxy groups -OCH3 is 1. The normalized spacial score (nSPS) is 19.2. The van der Waals surface area contributed by atoms with Gasteiger partial charge in [0.25, 0.3) is 0 Å². The highest BCUT2D eigenvalue weighted by molar-refractivity contribution is 7.89. The van der Waals surface area contributed by atoms with Gasteiger partial charge < -0.3 is 10.1 Å². The summed E-state index contributed by atoms with van der Waals surface area (Å²) in [5.74, 6) is -1.18. The highest BCUT2D eigenvalue weighted by Gasteiger charge is 2.39. The predicted octanol–water partition coefficient (Wildman–Crippen LogP) is 1.86. The fraction of sp³-hybridized carbons (Fsp3) is 0.533. The van der Waals surface area contributed by atoms with Gasteiger partial charge in [0.15, 0.2) is 0 Å². The molecule has 1 atom stereocenters. The van der Waals surface area contributed by atoms with Crippen LogP contribution in [0.4, 0.5) is 13.2 Å². The molecule has 140 valence electrons. The SMILES string of the molecule is CNCC1CCCN1S(=O)(=O)c1ccc(C(=O)OC)c(C(F)(F)F)c1. The quantitative estimate of drug-likeness (QED) is 0.790. The third kappa shape index (κ3) is 3.96. The van der Waals surface area contributed by atoms with Crippen LogP contribution in [0.1, 0.15) is 28.8 Å². The molecule has 1 aromatic carbocycles. The van der Waals surface area contributed by atoms with Crippen molar-refractivity contribution in [1.82, 2.24) is 9.62 Å². The number of benzene rings is 1. The number of halogens is 3. The highest BCUT2D eigenvalue weighted by atomic mass is 32.2. The first-order valence-electron chi connectivity index (χ1n) is 7.59. The zero-order valence-corrected chi connectivity index (χ0v) is 14.6. The van der Waals surface area contributed by atoms with Gasteiger partial charge in [-0.15, -0.1) is 0 Å². The molecule has 1 heterocycles. The minimum atomic E-state index is -4.88. The Balaban J connectivity index is 2.50. The summed E-state index contributed by atoms with van der Waals surface area (Å²) in [7, 11) is -1.47. The number of likely N-dealkylation sites (N-methyl/N-ethyl adjacent to an activating group) is 1. The second-order valence-electron chi connectivity index (χ2n) is 5.67. The standard InChI is InChI=1S/C15H19F3N2O4S/c1-19-9-10-4-3-7-20(10)25(22,23)11-5-6-12(14(21)24-2)13(8-11)15(16,17)18/h5-6,8,10,19H,3-4,7,9H2,1-2H3. The van der Waals surface area contributed by atoms with Crippen LogP contribution in [-0.4, -0.2) is 52.0 Å². The number of hydrogen-bond acceptors (Lipinski definition) is 5. The van der Waals surface area contributed by atoms with Gasteiger partial charge >= 0.3 is 12.1 Å². The molecule has 1 saturated heterocycles. The summed E-state index contributed by atoms with van der Waals surface area (Å²) in [5, 5.41) is 2.88. The van der Waals surface area contributed by atoms with E-state index in [0.29, 0.717) is 25.5 Å². The van der Waals surface area contributed by atoms with E-state index in [0.717, 1.165) is 19.2 Å². The van der Waals surface area contributed by atoms with Crippen LogP contribution in [0.2, 0.25) is 0 Å². The first kappa shape index (κ1) is 19.7. The third-order valence-corrected chi connectivity index (χ3v) is 6.02. The molecule has 1 N–H and O–H groups in total. The Kier molecular flexibility index (Phi) is 5.75. The Labute approximate surface area is 144 Å². The molecular formula is C15H19F3N2O4S. The summed E-state index contributed by atoms with van der Waals surface area (Å²) in [6.07, 6.45) is -3.62. The number of ether oxygens (including phenoxy) is 1. The van der Waals surface area contributed by atoms with Crippen LogP contribution in [-0.2, 0) is 20.9 Å². The van der Waals surface area contributed by atoms with Crippen molar-refractivity contribution in [3.05, 3.63) is 29.3 Å². The molecular weight excluding hydrogens is 361 g/mol. The Hall–Kier alpha value is -1.65. The molecule has 0 amide bonds. The number of esters is 1. The van der Waals surface area contributed by atoms with E-state index in [-0.39, 0.29) is 12.6 Å². The third-order valence-electron chi connectivity index (χ3n) is 4.07. The molecule has 0 bridgehead atoms. The number of sulfonamides is 1. The summed E-state index contributed by atoms with van der Waals surface area (Å²) < 4.78 is 70.9. The first-order valence-corrected chi connectivity index (χ1v) is 9.03. The lowest BCUT2D eigenvalue weighted by Crippen LogP contribution is -2.40. The van der Waals surface area contributed by atoms with E-state index < -0.39 is 38.2 Å². The van der Waals surface area contributed by atoms with Gasteiger partial charge in [-0.05, 0) is 38.1 Å². The summed E-state index contributed by atoms with van der Waals surface area (Å²) in [4.78, 5) is 11.1. The van der Waals surface area contributed by atoms with Gasteiger partial charge in [0.05, 0.1) is 23.1 Å². The van der Waals surface area contributed by atoms with Crippen molar-refractivity contribution in [1.29, 1.82) is 0 Å². The lowest BCUT2D eigenvalue weighted by molar-refractivity contribution is -0.138. The number of rotatable bonds is 5. The first-order chi connectivity index (χ1) is 11.6. The van der Waals surface area contributed by atoms with Crippen molar-refractivity contribution in [2.24, 2.45) is 0 Å². The van der Waals surface area contributed by atoms with Gasteiger partial charge in [0.1, 0.15) is 0 Å². The van der Waals surface area contributed by atoms with Gasteiger partial charge in [-0.3, -0.25) is 0 Å². The van der Waals surface area contributed by atoms with E-state index in [1.165, 1.54) is 4.31 Å². The largest absolute Gasteiger partial charge is 0.465 e. The summed E-state index contributed by atoms with van der Waals surface area (Å²) >= 11 is 0. The number of hydrogen-bond donors (Lipinski definition) is 1. The highest BCUT2D eigenvalue weighted by Crippen LogP contribution is 2.35. The van der Waals surface area contributed by atoms with Gasteiger partial charge in [-0.1, -0.05) is 0 Å². The molecule has 1 unspecified atom stereocenters. The van der Waals surface area contributed by atoms with Crippen molar-refractivity contribution >= 4 is 16.0 Å². The maximum Gasteiger partial charge on any atom is 0.417 e. The summed E-state index contributed by atoms with van der Waals surface area (Å²) in [6.45, 7) is 0.653. The van der Waals surface area contributed by atoms with Crippen molar-refractivity contribution in [2.75, 3.05) is 27.2 Å². The zero-order chi connectivity index (χ0) is 18.8. The van der Waals surface area contributed by atoms with Crippen molar-refractivity contribution < 1.29 is 31.1 Å². The second-order valence-corrected chi connectivity index (χ2v) is 7.56. The maximum atomic E-state index is 13.3. The monoisotopic (exact) mass is 380 g/mol. The van der Waals surface area contributed by atoms with Crippen LogP contribution in [0.15, 0.2) is 23.1 Å². The fourth-order valence-corrected chi connectivity index (χ4v) is 4.63. The maximum absolute atomic E-state index is 13.3. The number of alkyl halides is 3. The molecule has 0 aliphatic carbocycles. The average molecular weight is 380 g/mol. The molecule has 25 heavy (non-hydrogen) atoms. The fourth-order valence-electron chi connectivity index (χ4n) is 2.91. The van der Waals surface area contributed by atoms with Gasteiger partial charge in [0, 0.05) is 19.1 Å². The van der Waals surface area contributed by atoms with Gasteiger partial charge in [-0.2, -0.15) is 17.5 Å². The van der Waals surface area contributed by atoms with E-state index in [4.69, 9.17) is 0 Å². The number of carbonyl (C=O) groups excluding carboxylic acids is 1. The summed E-state index contributed by atoms with van der Waals surface area (Å²) in [5.41, 5.74) is -2.05. The number of nitrogens with one attached hydrogen (secondary N) is 1. The van der Waals surface area contributed by atoms with Gasteiger partial charge in [-0.25, -0.2) is 13.2 Å². The Morgan fingerprint density at radius 2 is 2.08 bits per heavy atom. The molecule has 1 aromatic rings. The average Bonchev–Trinajstić information content (AvgIpc) is 3.02. The lowest BCUT2D eigenvalue weighted by atomic mass is 10.1. The smallest absolute Gasteiger partial charge is 0.417 e. The molecule has 0 spiro atoms. The molecule has 6 nitrogen and oxygen atoms in total. The van der Waals surface area contributed by atoms with Crippen LogP contribution in [0.5, 0.6) is 0 Å². The minimum Gasteiger partial charge on any atom is -0.465 e. The molecule has 2 rings (SSSR count). The Morgan fingerprint density at radius 3 is 2.64 bits per heavy atom. The van der Waals surface area contributed by atoms with Crippen LogP contribution in [0.3, 0.4) is 0 Å². The van der Waals surface area contributed by atoms with Crippen molar-refractivity contribution in [3.8, 4) is 0 Å². The van der Waals surface area contributed by atoms with E-state index in [9.17, 15) is 26.4 Å². The minimum absolute atomic E-state index is 0.245. The van der Waals surface area contributed by atoms with E-state index in [1.807, 2.05) is 0 Å². The zero-order valence-electron chi connectivity index (χ0n) is 13.8. The Morgan fingerprint density at radius 1 is 1.40 bits per heavy atom. The Bertz CT molecular complexity index is 750. The topological polar surface area (TPSA) is 75.7 Å². The molecule has 1 fully saturated rings. The molecule has 1 aliphatic rings. The lowest BCUT2D eigenvalue weighted by Gasteiger charge is -2.24. The van der Waals surface area contributed by atoms with Crippen molar-refractivity contribution in [2.45, 2.75) is 30.0 Å². The molecule has 0 saturated carbocycles. The molecule has 0 aromatic heterocycles. The van der Waals surface area contributed by atoms with Gasteiger partial charge in [0.2, 0.25) is 10.0 Å². The van der Waals surface area contributed by atoms with Crippen LogP contribution in [0.25, 0.3) is 0 Å². The predicted molar refractivity (Wildman–Crippen MR) is 83.6 cm³/mol. The number of carbonyl (C=O) groups is 1. The second kappa shape index (κ2) is 7.30. The summed E-state index contributed by atoms with van der Waals surface area (Å²) in [6, 6.07) is 2.02. The van der Waals surface area contributed by atoms with E-state index in [1.54, 1.807) is 7.05 Å². The molecule has 1 aliphatic heterocycles. The van der Waals surface area contributed by atoms with Crippen LogP contribution in [0, 0.1) is 0 Å². The number of nitrogens with zero attached hydrogens (tertiary/aromatic N) is 1.